The van der Waals surface area contributed by atoms with Crippen molar-refractivity contribution < 1.29 is 28.6 Å². The van der Waals surface area contributed by atoms with Crippen molar-refractivity contribution >= 4 is 17.9 Å². The van der Waals surface area contributed by atoms with Crippen LogP contribution in [0, 0.1) is 0 Å². The lowest BCUT2D eigenvalue weighted by molar-refractivity contribution is -0.167. The lowest BCUT2D eigenvalue weighted by atomic mass is 10.1. The molecule has 0 aliphatic rings. The van der Waals surface area contributed by atoms with Gasteiger partial charge in [-0.15, -0.1) is 0 Å². The third-order valence-electron chi connectivity index (χ3n) is 11.3. The number of unbranched alkanes of at least 4 members (excludes halogenated alkanes) is 21. The summed E-state index contributed by atoms with van der Waals surface area (Å²) in [4.78, 5) is 38.0. The summed E-state index contributed by atoms with van der Waals surface area (Å²) in [7, 11) is 0. The minimum Gasteiger partial charge on any atom is -0.462 e. The summed E-state index contributed by atoms with van der Waals surface area (Å²) in [6.07, 6.45) is 71.0. The molecule has 0 bridgehead atoms. The number of ether oxygens (including phenoxy) is 3. The van der Waals surface area contributed by atoms with Gasteiger partial charge in [0.05, 0.1) is 0 Å². The third kappa shape index (κ3) is 51.3. The first kappa shape index (κ1) is 62.3. The molecule has 0 aliphatic carbocycles. The van der Waals surface area contributed by atoms with E-state index in [4.69, 9.17) is 14.2 Å². The molecule has 0 N–H and O–H groups in total. The van der Waals surface area contributed by atoms with Crippen molar-refractivity contribution in [1.82, 2.24) is 0 Å². The minimum absolute atomic E-state index is 0.0907. The van der Waals surface area contributed by atoms with Crippen molar-refractivity contribution in [3.05, 3.63) is 97.2 Å². The molecule has 0 amide bonds. The maximum atomic E-state index is 12.8. The van der Waals surface area contributed by atoms with Crippen LogP contribution in [-0.4, -0.2) is 37.2 Å². The number of carbonyl (C=O) groups is 3. The largest absolute Gasteiger partial charge is 0.462 e. The molecule has 0 rings (SSSR count). The zero-order chi connectivity index (χ0) is 47.9. The Balaban J connectivity index is 4.40. The van der Waals surface area contributed by atoms with E-state index in [1.807, 2.05) is 0 Å². The molecule has 0 saturated carbocycles. The smallest absolute Gasteiger partial charge is 0.306 e. The molecule has 0 radical (unpaired) electrons. The Hall–Kier alpha value is -3.67. The molecular weight excluding hydrogens is 817 g/mol. The van der Waals surface area contributed by atoms with Crippen LogP contribution < -0.4 is 0 Å². The van der Waals surface area contributed by atoms with Gasteiger partial charge in [-0.25, -0.2) is 0 Å². The number of hydrogen-bond donors (Lipinski definition) is 0. The van der Waals surface area contributed by atoms with Crippen molar-refractivity contribution in [3.63, 3.8) is 0 Å². The molecule has 66 heavy (non-hydrogen) atoms. The minimum atomic E-state index is -0.794. The molecule has 6 heteroatoms. The Labute approximate surface area is 407 Å². The van der Waals surface area contributed by atoms with Crippen molar-refractivity contribution in [2.45, 2.75) is 252 Å². The lowest BCUT2D eigenvalue weighted by Crippen LogP contribution is -2.30. The van der Waals surface area contributed by atoms with E-state index in [1.165, 1.54) is 70.6 Å². The maximum Gasteiger partial charge on any atom is 0.306 e. The van der Waals surface area contributed by atoms with Gasteiger partial charge in [-0.1, -0.05) is 227 Å². The fraction of sp³-hybridized carbons (Fsp3) is 0.683. The predicted octanol–water partition coefficient (Wildman–Crippen LogP) is 18.1. The molecule has 6 nitrogen and oxygen atoms in total. The van der Waals surface area contributed by atoms with Gasteiger partial charge in [-0.05, 0) is 96.3 Å². The molecule has 0 heterocycles. The Morgan fingerprint density at radius 2 is 0.606 bits per heavy atom. The summed E-state index contributed by atoms with van der Waals surface area (Å²) in [5.74, 6) is -0.932. The van der Waals surface area contributed by atoms with Gasteiger partial charge in [0.15, 0.2) is 6.10 Å². The van der Waals surface area contributed by atoms with Crippen LogP contribution in [-0.2, 0) is 28.6 Å². The summed E-state index contributed by atoms with van der Waals surface area (Å²) >= 11 is 0. The van der Waals surface area contributed by atoms with E-state index in [-0.39, 0.29) is 31.1 Å². The van der Waals surface area contributed by atoms with Crippen LogP contribution in [0.3, 0.4) is 0 Å². The summed E-state index contributed by atoms with van der Waals surface area (Å²) in [5.41, 5.74) is 0. The van der Waals surface area contributed by atoms with E-state index in [9.17, 15) is 14.4 Å². The van der Waals surface area contributed by atoms with Gasteiger partial charge < -0.3 is 14.2 Å². The van der Waals surface area contributed by atoms with E-state index in [1.54, 1.807) is 0 Å². The Morgan fingerprint density at radius 1 is 0.318 bits per heavy atom. The highest BCUT2D eigenvalue weighted by Crippen LogP contribution is 2.14. The SMILES string of the molecule is CC/C=C\C/C=C\C/C=C\C/C=C\C/C=C\C/C=C\CCCCCCC(=O)OCC(COC(=O)CCCCCCCCCCCCC)OC(=O)CCCCCCC/C=C\C/C=C\CCCC. The maximum absolute atomic E-state index is 12.8. The zero-order valence-electron chi connectivity index (χ0n) is 42.9. The summed E-state index contributed by atoms with van der Waals surface area (Å²) < 4.78 is 16.8. The lowest BCUT2D eigenvalue weighted by Gasteiger charge is -2.18. The first-order valence-corrected chi connectivity index (χ1v) is 27.2. The van der Waals surface area contributed by atoms with Crippen LogP contribution in [0.2, 0.25) is 0 Å². The summed E-state index contributed by atoms with van der Waals surface area (Å²) in [5, 5.41) is 0. The normalized spacial score (nSPS) is 12.8. The van der Waals surface area contributed by atoms with E-state index < -0.39 is 6.10 Å². The van der Waals surface area contributed by atoms with E-state index >= 15 is 0 Å². The topological polar surface area (TPSA) is 78.9 Å². The zero-order valence-corrected chi connectivity index (χ0v) is 42.9. The van der Waals surface area contributed by atoms with Crippen molar-refractivity contribution in [1.29, 1.82) is 0 Å². The highest BCUT2D eigenvalue weighted by atomic mass is 16.6. The van der Waals surface area contributed by atoms with Crippen molar-refractivity contribution in [2.24, 2.45) is 0 Å². The van der Waals surface area contributed by atoms with Crippen LogP contribution in [0.5, 0.6) is 0 Å². The highest BCUT2D eigenvalue weighted by molar-refractivity contribution is 5.71. The molecule has 0 spiro atoms. The van der Waals surface area contributed by atoms with Crippen LogP contribution in [0.25, 0.3) is 0 Å². The molecule has 0 aromatic rings. The predicted molar refractivity (Wildman–Crippen MR) is 284 cm³/mol. The van der Waals surface area contributed by atoms with Crippen molar-refractivity contribution in [2.75, 3.05) is 13.2 Å². The van der Waals surface area contributed by atoms with Gasteiger partial charge in [0.1, 0.15) is 13.2 Å². The number of esters is 3. The van der Waals surface area contributed by atoms with Gasteiger partial charge in [0.2, 0.25) is 0 Å². The third-order valence-corrected chi connectivity index (χ3v) is 11.3. The van der Waals surface area contributed by atoms with Gasteiger partial charge >= 0.3 is 17.9 Å². The first-order valence-electron chi connectivity index (χ1n) is 27.2. The van der Waals surface area contributed by atoms with E-state index in [0.29, 0.717) is 19.3 Å². The number of carbonyl (C=O) groups excluding carboxylic acids is 3. The van der Waals surface area contributed by atoms with Gasteiger partial charge in [0.25, 0.3) is 0 Å². The second kappa shape index (κ2) is 53.9. The average Bonchev–Trinajstić information content (AvgIpc) is 3.31. The Bertz CT molecular complexity index is 1330. The van der Waals surface area contributed by atoms with Gasteiger partial charge in [-0.2, -0.15) is 0 Å². The second-order valence-corrected chi connectivity index (χ2v) is 17.8. The molecule has 0 aromatic carbocycles. The van der Waals surface area contributed by atoms with Crippen LogP contribution in [0.4, 0.5) is 0 Å². The van der Waals surface area contributed by atoms with Gasteiger partial charge in [0, 0.05) is 19.3 Å². The molecule has 0 saturated heterocycles. The van der Waals surface area contributed by atoms with E-state index in [2.05, 4.69) is 118 Å². The highest BCUT2D eigenvalue weighted by Gasteiger charge is 2.19. The van der Waals surface area contributed by atoms with Crippen molar-refractivity contribution in [3.8, 4) is 0 Å². The average molecular weight is 917 g/mol. The number of rotatable bonds is 48. The van der Waals surface area contributed by atoms with E-state index in [0.717, 1.165) is 135 Å². The summed E-state index contributed by atoms with van der Waals surface area (Å²) in [6.45, 7) is 6.44. The summed E-state index contributed by atoms with van der Waals surface area (Å²) in [6, 6.07) is 0. The van der Waals surface area contributed by atoms with Crippen LogP contribution in [0.15, 0.2) is 97.2 Å². The quantitative estimate of drug-likeness (QED) is 0.0262. The number of hydrogen-bond acceptors (Lipinski definition) is 6. The fourth-order valence-corrected chi connectivity index (χ4v) is 7.23. The monoisotopic (exact) mass is 917 g/mol. The molecule has 376 valence electrons. The van der Waals surface area contributed by atoms with Crippen LogP contribution in [0.1, 0.15) is 245 Å². The molecular formula is C60H100O6. The molecule has 0 fully saturated rings. The van der Waals surface area contributed by atoms with Crippen LogP contribution >= 0.6 is 0 Å². The molecule has 0 aliphatic heterocycles. The van der Waals surface area contributed by atoms with Gasteiger partial charge in [-0.3, -0.25) is 14.4 Å². The fourth-order valence-electron chi connectivity index (χ4n) is 7.23. The second-order valence-electron chi connectivity index (χ2n) is 17.8. The molecule has 1 unspecified atom stereocenters. The number of allylic oxidation sites excluding steroid dienone is 16. The Kier molecular flexibility index (Phi) is 50.9. The Morgan fingerprint density at radius 3 is 0.970 bits per heavy atom. The standard InChI is InChI=1S/C60H100O6/c1-4-7-10-13-16-19-22-24-26-27-28-29-30-31-32-33-34-36-38-41-44-47-50-53-59(62)65-56-57(55-64-58(61)52-49-46-43-40-37-21-18-15-12-9-6-3)66-60(63)54-51-48-45-42-39-35-25-23-20-17-14-11-8-5-2/h7,10,14,16-17,19,23-26,28-29,31-32,34,36,57H,4-6,8-9,11-13,15,18,20-22,27,30,33,35,37-56H2,1-3H3/b10-7-,17-14-,19-16-,25-23-,26-24-,29-28-,32-31-,36-34-. The molecule has 0 aromatic heterocycles. The first-order chi connectivity index (χ1) is 32.5. The molecule has 1 atom stereocenters.